The van der Waals surface area contributed by atoms with Crippen LogP contribution in [0.5, 0.6) is 5.75 Å². The van der Waals surface area contributed by atoms with E-state index < -0.39 is 42.0 Å². The third-order valence-electron chi connectivity index (χ3n) is 1.87. The summed E-state index contributed by atoms with van der Waals surface area (Å²) in [5.41, 5.74) is -2.66. The number of ether oxygens (including phenoxy) is 1. The van der Waals surface area contributed by atoms with E-state index >= 15 is 0 Å². The molecular formula is C9H5F5N2O2. The zero-order chi connectivity index (χ0) is 13.9. The van der Waals surface area contributed by atoms with Crippen LogP contribution in [0.3, 0.4) is 0 Å². The predicted molar refractivity (Wildman–Crippen MR) is 46.5 cm³/mol. The van der Waals surface area contributed by atoms with Crippen LogP contribution < -0.4 is 4.74 Å². The molecule has 0 spiro atoms. The van der Waals surface area contributed by atoms with E-state index in [0.717, 1.165) is 0 Å². The minimum Gasteiger partial charge on any atom is -0.402 e. The quantitative estimate of drug-likeness (QED) is 0.854. The van der Waals surface area contributed by atoms with Gasteiger partial charge >= 0.3 is 6.36 Å². The fourth-order valence-electron chi connectivity index (χ4n) is 1.21. The smallest absolute Gasteiger partial charge is 0.402 e. The van der Waals surface area contributed by atoms with Crippen LogP contribution in [0.25, 0.3) is 0 Å². The summed E-state index contributed by atoms with van der Waals surface area (Å²) >= 11 is 0. The van der Waals surface area contributed by atoms with Gasteiger partial charge in [-0.05, 0) is 0 Å². The molecule has 1 aromatic rings. The van der Waals surface area contributed by atoms with Crippen LogP contribution in [-0.2, 0) is 6.61 Å². The number of pyridine rings is 1. The molecule has 18 heavy (non-hydrogen) atoms. The van der Waals surface area contributed by atoms with Crippen molar-refractivity contribution in [2.75, 3.05) is 0 Å². The summed E-state index contributed by atoms with van der Waals surface area (Å²) < 4.78 is 64.9. The zero-order valence-corrected chi connectivity index (χ0v) is 8.50. The lowest BCUT2D eigenvalue weighted by Crippen LogP contribution is -2.20. The molecule has 0 saturated carbocycles. The maximum Gasteiger partial charge on any atom is 0.573 e. The molecule has 0 saturated heterocycles. The molecule has 0 aliphatic carbocycles. The van der Waals surface area contributed by atoms with Gasteiger partial charge < -0.3 is 9.84 Å². The second kappa shape index (κ2) is 5.14. The van der Waals surface area contributed by atoms with Gasteiger partial charge in [0.25, 0.3) is 6.43 Å². The van der Waals surface area contributed by atoms with E-state index in [4.69, 9.17) is 10.4 Å². The molecule has 4 nitrogen and oxygen atoms in total. The molecule has 0 aromatic carbocycles. The number of aliphatic hydroxyl groups is 1. The molecule has 0 radical (unpaired) electrons. The molecule has 0 atom stereocenters. The Bertz CT molecular complexity index is 481. The van der Waals surface area contributed by atoms with Gasteiger partial charge in [0.15, 0.2) is 11.4 Å². The molecule has 0 amide bonds. The second-order valence-electron chi connectivity index (χ2n) is 2.99. The monoisotopic (exact) mass is 268 g/mol. The number of nitriles is 1. The van der Waals surface area contributed by atoms with Crippen molar-refractivity contribution in [1.82, 2.24) is 4.98 Å². The average molecular weight is 268 g/mol. The largest absolute Gasteiger partial charge is 0.573 e. The van der Waals surface area contributed by atoms with E-state index in [-0.39, 0.29) is 0 Å². The third-order valence-corrected chi connectivity index (χ3v) is 1.87. The van der Waals surface area contributed by atoms with Crippen molar-refractivity contribution in [2.24, 2.45) is 0 Å². The van der Waals surface area contributed by atoms with E-state index in [1.54, 1.807) is 0 Å². The van der Waals surface area contributed by atoms with Gasteiger partial charge in [-0.2, -0.15) is 5.26 Å². The molecule has 0 bridgehead atoms. The Labute approximate surface area is 97.2 Å². The Morgan fingerprint density at radius 3 is 2.44 bits per heavy atom. The number of alkyl halides is 5. The molecule has 9 heteroatoms. The highest BCUT2D eigenvalue weighted by atomic mass is 19.4. The Balaban J connectivity index is 3.47. The van der Waals surface area contributed by atoms with E-state index in [1.807, 2.05) is 0 Å². The number of rotatable bonds is 3. The molecule has 0 unspecified atom stereocenters. The predicted octanol–water partition coefficient (Wildman–Crippen LogP) is 2.28. The molecule has 0 aliphatic rings. The van der Waals surface area contributed by atoms with Gasteiger partial charge in [0.1, 0.15) is 6.07 Å². The molecule has 1 aromatic heterocycles. The van der Waals surface area contributed by atoms with Crippen LogP contribution in [-0.4, -0.2) is 16.5 Å². The van der Waals surface area contributed by atoms with Crippen molar-refractivity contribution in [3.8, 4) is 11.8 Å². The summed E-state index contributed by atoms with van der Waals surface area (Å²) in [5.74, 6) is -1.38. The summed E-state index contributed by atoms with van der Waals surface area (Å²) in [7, 11) is 0. The average Bonchev–Trinajstić information content (AvgIpc) is 2.25. The number of halogens is 5. The molecule has 0 fully saturated rings. The summed E-state index contributed by atoms with van der Waals surface area (Å²) in [5, 5.41) is 17.3. The SMILES string of the molecule is N#Cc1ncc(CO)c(C(F)F)c1OC(F)(F)F. The molecule has 0 aliphatic heterocycles. The summed E-state index contributed by atoms with van der Waals surface area (Å²) in [6, 6.07) is 1.21. The van der Waals surface area contributed by atoms with E-state index in [1.165, 1.54) is 6.07 Å². The van der Waals surface area contributed by atoms with Crippen LogP contribution in [0, 0.1) is 11.3 Å². The van der Waals surface area contributed by atoms with Gasteiger partial charge in [-0.15, -0.1) is 13.2 Å². The highest BCUT2D eigenvalue weighted by molar-refractivity contribution is 5.48. The van der Waals surface area contributed by atoms with Crippen molar-refractivity contribution in [3.63, 3.8) is 0 Å². The van der Waals surface area contributed by atoms with Crippen molar-refractivity contribution < 1.29 is 31.8 Å². The first-order valence-corrected chi connectivity index (χ1v) is 4.36. The molecule has 1 N–H and O–H groups in total. The number of hydrogen-bond acceptors (Lipinski definition) is 4. The topological polar surface area (TPSA) is 66.1 Å². The van der Waals surface area contributed by atoms with Gasteiger partial charge in [-0.3, -0.25) is 0 Å². The van der Waals surface area contributed by atoms with Crippen molar-refractivity contribution in [1.29, 1.82) is 5.26 Å². The summed E-state index contributed by atoms with van der Waals surface area (Å²) in [4.78, 5) is 3.22. The van der Waals surface area contributed by atoms with E-state index in [2.05, 4.69) is 9.72 Å². The molecule has 1 rings (SSSR count). The first-order valence-electron chi connectivity index (χ1n) is 4.36. The fourth-order valence-corrected chi connectivity index (χ4v) is 1.21. The van der Waals surface area contributed by atoms with Gasteiger partial charge in [0.05, 0.1) is 12.2 Å². The summed E-state index contributed by atoms with van der Waals surface area (Å²) in [6.45, 7) is -0.952. The van der Waals surface area contributed by atoms with E-state index in [9.17, 15) is 22.0 Å². The zero-order valence-electron chi connectivity index (χ0n) is 8.50. The first kappa shape index (κ1) is 14.1. The number of aliphatic hydroxyl groups excluding tert-OH is 1. The van der Waals surface area contributed by atoms with Gasteiger partial charge in [0.2, 0.25) is 0 Å². The van der Waals surface area contributed by atoms with Crippen molar-refractivity contribution >= 4 is 0 Å². The molecular weight excluding hydrogens is 263 g/mol. The fraction of sp³-hybridized carbons (Fsp3) is 0.333. The van der Waals surface area contributed by atoms with Crippen molar-refractivity contribution in [3.05, 3.63) is 23.0 Å². The van der Waals surface area contributed by atoms with Gasteiger partial charge in [-0.1, -0.05) is 0 Å². The minimum atomic E-state index is -5.25. The Morgan fingerprint density at radius 1 is 1.44 bits per heavy atom. The lowest BCUT2D eigenvalue weighted by molar-refractivity contribution is -0.275. The van der Waals surface area contributed by atoms with Crippen LogP contribution in [0.15, 0.2) is 6.20 Å². The third kappa shape index (κ3) is 3.04. The number of hydrogen-bond donors (Lipinski definition) is 1. The maximum atomic E-state index is 12.7. The second-order valence-corrected chi connectivity index (χ2v) is 2.99. The van der Waals surface area contributed by atoms with Crippen LogP contribution in [0.1, 0.15) is 23.2 Å². The van der Waals surface area contributed by atoms with Crippen LogP contribution >= 0.6 is 0 Å². The molecule has 1 heterocycles. The lowest BCUT2D eigenvalue weighted by atomic mass is 10.1. The molecule has 98 valence electrons. The van der Waals surface area contributed by atoms with Gasteiger partial charge in [0, 0.05) is 11.8 Å². The van der Waals surface area contributed by atoms with Crippen LogP contribution in [0.4, 0.5) is 22.0 Å². The van der Waals surface area contributed by atoms with Crippen LogP contribution in [0.2, 0.25) is 0 Å². The Morgan fingerprint density at radius 2 is 2.06 bits per heavy atom. The Hall–Kier alpha value is -1.95. The maximum absolute atomic E-state index is 12.7. The standard InChI is InChI=1S/C9H5F5N2O2/c10-8(11)6-4(3-17)2-16-5(1-15)7(6)18-9(12,13)14/h2,8,17H,3H2. The number of aromatic nitrogens is 1. The minimum absolute atomic E-state index is 0.539. The highest BCUT2D eigenvalue weighted by Gasteiger charge is 2.36. The van der Waals surface area contributed by atoms with E-state index in [0.29, 0.717) is 6.20 Å². The normalized spacial score (nSPS) is 11.4. The number of nitrogens with zero attached hydrogens (tertiary/aromatic N) is 2. The first-order chi connectivity index (χ1) is 8.30. The highest BCUT2D eigenvalue weighted by Crippen LogP contribution is 2.37. The lowest BCUT2D eigenvalue weighted by Gasteiger charge is -2.15. The Kier molecular flexibility index (Phi) is 4.03. The van der Waals surface area contributed by atoms with Crippen molar-refractivity contribution in [2.45, 2.75) is 19.4 Å². The van der Waals surface area contributed by atoms with Gasteiger partial charge in [-0.25, -0.2) is 13.8 Å². The summed E-state index contributed by atoms with van der Waals surface area (Å²) in [6.07, 6.45) is -7.89.